The number of fused-ring (bicyclic) bond motifs is 5. The Balaban J connectivity index is 1.08. The predicted octanol–water partition coefficient (Wildman–Crippen LogP) is 15.3. The van der Waals surface area contributed by atoms with Crippen molar-refractivity contribution in [3.8, 4) is 61.3 Å². The van der Waals surface area contributed by atoms with Crippen molar-refractivity contribution in [2.45, 2.75) is 0 Å². The summed E-state index contributed by atoms with van der Waals surface area (Å²) in [6, 6.07) is 75.3. The summed E-state index contributed by atoms with van der Waals surface area (Å²) >= 11 is 0. The summed E-state index contributed by atoms with van der Waals surface area (Å²) in [6.07, 6.45) is 8.36. The van der Waals surface area contributed by atoms with E-state index in [-0.39, 0.29) is 0 Å². The standard InChI is InChI=1S/C60H41N3/c1-4-14-40(15-5-1)42-23-27-44(28-24-42)59-49-20-10-11-21-50(49)60(45-29-25-43(26-30-45)41-16-6-2-7-17-41)54-37-46(31-33-51(54)59)47-32-34-57-52(36-47)53-38-56(55-22-12-13-35-61-55)62-39-58(53)63(57)48-18-8-3-9-19-48/h1-34,36-39,61H,35H2. The van der Waals surface area contributed by atoms with E-state index in [1.807, 2.05) is 6.20 Å². The van der Waals surface area contributed by atoms with Crippen LogP contribution in [0.4, 0.5) is 0 Å². The number of pyridine rings is 1. The fraction of sp³-hybridized carbons (Fsp3) is 0.0167. The molecule has 0 aliphatic carbocycles. The summed E-state index contributed by atoms with van der Waals surface area (Å²) in [4.78, 5) is 4.98. The monoisotopic (exact) mass is 803 g/mol. The number of aromatic nitrogens is 2. The van der Waals surface area contributed by atoms with Crippen LogP contribution in [-0.2, 0) is 0 Å². The van der Waals surface area contributed by atoms with Gasteiger partial charge in [-0.1, -0.05) is 182 Å². The molecule has 0 amide bonds. The molecule has 63 heavy (non-hydrogen) atoms. The molecule has 0 radical (unpaired) electrons. The van der Waals surface area contributed by atoms with Gasteiger partial charge in [-0.15, -0.1) is 0 Å². The maximum absolute atomic E-state index is 4.98. The first kappa shape index (κ1) is 36.6. The first-order chi connectivity index (χ1) is 31.2. The van der Waals surface area contributed by atoms with Crippen LogP contribution in [0.15, 0.2) is 231 Å². The van der Waals surface area contributed by atoms with Crippen LogP contribution >= 0.6 is 0 Å². The maximum Gasteiger partial charge on any atom is 0.0868 e. The van der Waals surface area contributed by atoms with E-state index < -0.39 is 0 Å². The van der Waals surface area contributed by atoms with Crippen molar-refractivity contribution >= 4 is 49.0 Å². The lowest BCUT2D eigenvalue weighted by Gasteiger charge is -2.19. The first-order valence-corrected chi connectivity index (χ1v) is 21.7. The van der Waals surface area contributed by atoms with Gasteiger partial charge in [0.2, 0.25) is 0 Å². The molecular weight excluding hydrogens is 763 g/mol. The topological polar surface area (TPSA) is 29.9 Å². The van der Waals surface area contributed by atoms with E-state index in [9.17, 15) is 0 Å². The SMILES string of the molecule is C1=CCNC(c2cc3c4cc(-c5ccc6c(-c7ccc(-c8ccccc8)cc7)c7ccccc7c(-c7ccc(-c8ccccc8)cc7)c6c5)ccc4n(-c4ccccc4)c3cn2)=C1. The number of hydrogen-bond acceptors (Lipinski definition) is 2. The van der Waals surface area contributed by atoms with Crippen LogP contribution in [0.2, 0.25) is 0 Å². The third-order valence-electron chi connectivity index (χ3n) is 12.7. The molecule has 1 aliphatic heterocycles. The number of allylic oxidation sites excluding steroid dienone is 2. The zero-order valence-corrected chi connectivity index (χ0v) is 34.5. The lowest BCUT2D eigenvalue weighted by atomic mass is 9.84. The predicted molar refractivity (Wildman–Crippen MR) is 266 cm³/mol. The number of nitrogens with zero attached hydrogens (tertiary/aromatic N) is 2. The second kappa shape index (κ2) is 15.3. The maximum atomic E-state index is 4.98. The summed E-state index contributed by atoms with van der Waals surface area (Å²) in [5.41, 5.74) is 17.4. The van der Waals surface area contributed by atoms with E-state index in [0.717, 1.165) is 34.7 Å². The van der Waals surface area contributed by atoms with Gasteiger partial charge in [-0.3, -0.25) is 4.98 Å². The summed E-state index contributed by atoms with van der Waals surface area (Å²) in [7, 11) is 0. The fourth-order valence-corrected chi connectivity index (χ4v) is 9.64. The number of nitrogens with one attached hydrogen (secondary N) is 1. The summed E-state index contributed by atoms with van der Waals surface area (Å²) < 4.78 is 2.34. The lowest BCUT2D eigenvalue weighted by Crippen LogP contribution is -2.15. The van der Waals surface area contributed by atoms with E-state index in [1.165, 1.54) is 88.0 Å². The number of hydrogen-bond donors (Lipinski definition) is 1. The van der Waals surface area contributed by atoms with Crippen LogP contribution in [0.25, 0.3) is 110 Å². The Kier molecular flexibility index (Phi) is 8.90. The molecule has 0 saturated heterocycles. The second-order valence-corrected chi connectivity index (χ2v) is 16.3. The van der Waals surface area contributed by atoms with Crippen LogP contribution in [-0.4, -0.2) is 16.1 Å². The van der Waals surface area contributed by atoms with Crippen molar-refractivity contribution in [3.05, 3.63) is 236 Å². The minimum Gasteiger partial charge on any atom is -0.380 e. The third kappa shape index (κ3) is 6.41. The van der Waals surface area contributed by atoms with Gasteiger partial charge in [0.05, 0.1) is 28.6 Å². The molecule has 0 unspecified atom stereocenters. The number of rotatable bonds is 7. The highest BCUT2D eigenvalue weighted by molar-refractivity contribution is 6.22. The molecule has 1 aliphatic rings. The van der Waals surface area contributed by atoms with Crippen LogP contribution in [0.1, 0.15) is 5.69 Å². The normalized spacial score (nSPS) is 12.5. The van der Waals surface area contributed by atoms with Gasteiger partial charge in [0.25, 0.3) is 0 Å². The molecule has 0 fully saturated rings. The molecule has 12 rings (SSSR count). The highest BCUT2D eigenvalue weighted by Crippen LogP contribution is 2.46. The zero-order chi connectivity index (χ0) is 41.7. The van der Waals surface area contributed by atoms with E-state index in [0.29, 0.717) is 0 Å². The average Bonchev–Trinajstić information content (AvgIpc) is 3.69. The summed E-state index contributed by atoms with van der Waals surface area (Å²) in [6.45, 7) is 0.790. The van der Waals surface area contributed by atoms with Gasteiger partial charge in [0.15, 0.2) is 0 Å². The van der Waals surface area contributed by atoms with E-state index >= 15 is 0 Å². The highest BCUT2D eigenvalue weighted by atomic mass is 15.0. The van der Waals surface area contributed by atoms with Gasteiger partial charge >= 0.3 is 0 Å². The van der Waals surface area contributed by atoms with E-state index in [2.05, 4.69) is 234 Å². The van der Waals surface area contributed by atoms with Gasteiger partial charge in [-0.05, 0) is 120 Å². The molecule has 3 heterocycles. The van der Waals surface area contributed by atoms with E-state index in [4.69, 9.17) is 4.98 Å². The Bertz CT molecular complexity index is 3560. The summed E-state index contributed by atoms with van der Waals surface area (Å²) in [5.74, 6) is 0. The van der Waals surface area contributed by atoms with Gasteiger partial charge in [-0.2, -0.15) is 0 Å². The van der Waals surface area contributed by atoms with Crippen molar-refractivity contribution in [2.75, 3.05) is 6.54 Å². The van der Waals surface area contributed by atoms with Crippen molar-refractivity contribution in [1.82, 2.24) is 14.9 Å². The molecule has 0 atom stereocenters. The third-order valence-corrected chi connectivity index (χ3v) is 12.7. The van der Waals surface area contributed by atoms with E-state index in [1.54, 1.807) is 0 Å². The molecule has 11 aromatic rings. The molecular formula is C60H41N3. The van der Waals surface area contributed by atoms with Gasteiger partial charge in [0, 0.05) is 23.0 Å². The van der Waals surface area contributed by atoms with Gasteiger partial charge < -0.3 is 9.88 Å². The van der Waals surface area contributed by atoms with Gasteiger partial charge in [0.1, 0.15) is 0 Å². The highest BCUT2D eigenvalue weighted by Gasteiger charge is 2.20. The van der Waals surface area contributed by atoms with Crippen molar-refractivity contribution in [2.24, 2.45) is 0 Å². The second-order valence-electron chi connectivity index (χ2n) is 16.3. The fourth-order valence-electron chi connectivity index (χ4n) is 9.64. The van der Waals surface area contributed by atoms with Crippen molar-refractivity contribution < 1.29 is 0 Å². The minimum absolute atomic E-state index is 0.790. The molecule has 3 nitrogen and oxygen atoms in total. The smallest absolute Gasteiger partial charge is 0.0868 e. The molecule has 296 valence electrons. The van der Waals surface area contributed by atoms with Crippen molar-refractivity contribution in [3.63, 3.8) is 0 Å². The molecule has 0 bridgehead atoms. The lowest BCUT2D eigenvalue weighted by molar-refractivity contribution is 0.982. The van der Waals surface area contributed by atoms with Crippen LogP contribution < -0.4 is 5.32 Å². The molecule has 3 heteroatoms. The quantitative estimate of drug-likeness (QED) is 0.163. The van der Waals surface area contributed by atoms with Crippen molar-refractivity contribution in [1.29, 1.82) is 0 Å². The van der Waals surface area contributed by atoms with Crippen LogP contribution in [0, 0.1) is 0 Å². The number of benzene rings is 9. The minimum atomic E-state index is 0.790. The molecule has 0 spiro atoms. The van der Waals surface area contributed by atoms with Crippen LogP contribution in [0.5, 0.6) is 0 Å². The summed E-state index contributed by atoms with van der Waals surface area (Å²) in [5, 5.41) is 10.8. The Hall–Kier alpha value is -8.27. The Morgan fingerprint density at radius 2 is 0.857 bits per heavy atom. The number of para-hydroxylation sites is 1. The Labute approximate surface area is 366 Å². The van der Waals surface area contributed by atoms with Crippen LogP contribution in [0.3, 0.4) is 0 Å². The molecule has 2 aromatic heterocycles. The molecule has 9 aromatic carbocycles. The average molecular weight is 804 g/mol. The van der Waals surface area contributed by atoms with Gasteiger partial charge in [-0.25, -0.2) is 0 Å². The molecule has 0 saturated carbocycles. The molecule has 1 N–H and O–H groups in total. The first-order valence-electron chi connectivity index (χ1n) is 21.7. The largest absolute Gasteiger partial charge is 0.380 e. The Morgan fingerprint density at radius 1 is 0.381 bits per heavy atom. The zero-order valence-electron chi connectivity index (χ0n) is 34.5. The Morgan fingerprint density at radius 3 is 1.46 bits per heavy atom. The number of dihydropyridines is 1.